The number of carbonyl (C=O) groups excluding carboxylic acids is 1. The lowest BCUT2D eigenvalue weighted by atomic mass is 10.0. The second kappa shape index (κ2) is 14.9. The lowest BCUT2D eigenvalue weighted by Gasteiger charge is -2.28. The van der Waals surface area contributed by atoms with Crippen molar-refractivity contribution in [3.05, 3.63) is 75.5 Å². The summed E-state index contributed by atoms with van der Waals surface area (Å²) in [5.41, 5.74) is 3.49. The van der Waals surface area contributed by atoms with Gasteiger partial charge in [0.2, 0.25) is 0 Å². The summed E-state index contributed by atoms with van der Waals surface area (Å²) >= 11 is 2.99. The van der Waals surface area contributed by atoms with Gasteiger partial charge in [-0.15, -0.1) is 21.5 Å². The van der Waals surface area contributed by atoms with Gasteiger partial charge in [-0.25, -0.2) is 19.2 Å². The number of nitrogens with one attached hydrogen (secondary N) is 2. The smallest absolute Gasteiger partial charge is 0.357 e. The molecule has 254 valence electrons. The quantitative estimate of drug-likeness (QED) is 0.0824. The number of benzene rings is 2. The number of methoxy groups -OCH3 is 1. The van der Waals surface area contributed by atoms with Crippen molar-refractivity contribution in [2.75, 3.05) is 37.0 Å². The molecule has 13 heteroatoms. The molecular formula is C36H38FN7O3S2. The molecule has 1 aliphatic heterocycles. The average molecular weight is 700 g/mol. The minimum absolute atomic E-state index is 0.158. The van der Waals surface area contributed by atoms with E-state index in [1.54, 1.807) is 23.5 Å². The number of nitrogens with zero attached hydrogens (tertiary/aromatic N) is 5. The van der Waals surface area contributed by atoms with Crippen LogP contribution in [0.15, 0.2) is 42.5 Å². The number of aryl methyl sites for hydroxylation is 1. The first-order chi connectivity index (χ1) is 23.7. The van der Waals surface area contributed by atoms with Gasteiger partial charge in [0.05, 0.1) is 29.5 Å². The maximum atomic E-state index is 14.8. The molecule has 0 amide bonds. The number of fused-ring (bicyclic) bond motifs is 2. The fourth-order valence-electron chi connectivity index (χ4n) is 5.62. The molecule has 5 aromatic rings. The molecule has 10 nitrogen and oxygen atoms in total. The van der Waals surface area contributed by atoms with Crippen LogP contribution in [0.3, 0.4) is 0 Å². The number of thiazole rings is 2. The Bertz CT molecular complexity index is 2020. The van der Waals surface area contributed by atoms with E-state index < -0.39 is 11.8 Å². The number of ether oxygens (including phenoxy) is 2. The fourth-order valence-corrected chi connectivity index (χ4v) is 7.60. The lowest BCUT2D eigenvalue weighted by Crippen LogP contribution is -2.37. The summed E-state index contributed by atoms with van der Waals surface area (Å²) in [6.45, 7) is 9.75. The largest absolute Gasteiger partial charge is 0.491 e. The van der Waals surface area contributed by atoms with Crippen molar-refractivity contribution in [3.8, 4) is 17.6 Å². The zero-order valence-electron chi connectivity index (χ0n) is 28.1. The number of hydrogen-bond donors (Lipinski definition) is 2. The molecule has 0 spiro atoms. The van der Waals surface area contributed by atoms with Gasteiger partial charge in [0.25, 0.3) is 0 Å². The molecule has 2 N–H and O–H groups in total. The molecule has 0 bridgehead atoms. The third-order valence-electron chi connectivity index (χ3n) is 8.08. The van der Waals surface area contributed by atoms with E-state index in [0.717, 1.165) is 56.6 Å². The highest BCUT2D eigenvalue weighted by molar-refractivity contribution is 7.22. The molecule has 2 aromatic carbocycles. The summed E-state index contributed by atoms with van der Waals surface area (Å²) in [7, 11) is 1.34. The van der Waals surface area contributed by atoms with E-state index in [0.29, 0.717) is 35.9 Å². The maximum Gasteiger partial charge on any atom is 0.357 e. The van der Waals surface area contributed by atoms with Crippen LogP contribution in [0, 0.1) is 24.6 Å². The van der Waals surface area contributed by atoms with E-state index in [-0.39, 0.29) is 23.6 Å². The molecule has 4 heterocycles. The molecule has 0 saturated carbocycles. The van der Waals surface area contributed by atoms with Gasteiger partial charge in [-0.1, -0.05) is 42.2 Å². The van der Waals surface area contributed by atoms with Crippen LogP contribution in [-0.2, 0) is 17.6 Å². The molecule has 0 saturated heterocycles. The lowest BCUT2D eigenvalue weighted by molar-refractivity contribution is 0.0593. The van der Waals surface area contributed by atoms with Gasteiger partial charge in [0.1, 0.15) is 0 Å². The van der Waals surface area contributed by atoms with Crippen LogP contribution in [0.1, 0.15) is 65.7 Å². The third-order valence-corrected chi connectivity index (χ3v) is 10.2. The average Bonchev–Trinajstić information content (AvgIpc) is 3.71. The van der Waals surface area contributed by atoms with Crippen molar-refractivity contribution in [1.29, 1.82) is 0 Å². The SMILES string of the molecule is CCNC(C)(C)C#Cc1ccc(OCCCc2sc(N3CCCc4c3nnc(Nc3nc5ccccc5s3)c4C)nc2C(=O)OC)c(F)c1. The predicted molar refractivity (Wildman–Crippen MR) is 193 cm³/mol. The Kier molecular flexibility index (Phi) is 10.4. The number of para-hydroxylation sites is 1. The first kappa shape index (κ1) is 34.2. The number of esters is 1. The minimum Gasteiger partial charge on any atom is -0.491 e. The van der Waals surface area contributed by atoms with E-state index in [1.807, 2.05) is 56.9 Å². The van der Waals surface area contributed by atoms with Crippen LogP contribution >= 0.6 is 22.7 Å². The van der Waals surface area contributed by atoms with E-state index in [2.05, 4.69) is 37.7 Å². The van der Waals surface area contributed by atoms with Crippen LogP contribution in [0.4, 0.5) is 26.3 Å². The van der Waals surface area contributed by atoms with Crippen molar-refractivity contribution in [2.24, 2.45) is 0 Å². The first-order valence-corrected chi connectivity index (χ1v) is 17.8. The summed E-state index contributed by atoms with van der Waals surface area (Å²) in [5, 5.41) is 17.2. The van der Waals surface area contributed by atoms with Gasteiger partial charge < -0.3 is 25.0 Å². The van der Waals surface area contributed by atoms with E-state index >= 15 is 0 Å². The van der Waals surface area contributed by atoms with E-state index in [1.165, 1.54) is 24.5 Å². The van der Waals surface area contributed by atoms with Crippen LogP contribution < -0.4 is 20.3 Å². The number of carbonyl (C=O) groups is 1. The van der Waals surface area contributed by atoms with Crippen molar-refractivity contribution in [2.45, 2.75) is 58.9 Å². The highest BCUT2D eigenvalue weighted by Gasteiger charge is 2.29. The van der Waals surface area contributed by atoms with Gasteiger partial charge in [-0.3, -0.25) is 0 Å². The summed E-state index contributed by atoms with van der Waals surface area (Å²) in [6, 6.07) is 12.7. The Labute approximate surface area is 293 Å². The number of anilines is 4. The first-order valence-electron chi connectivity index (χ1n) is 16.2. The van der Waals surface area contributed by atoms with Gasteiger partial charge in [-0.05, 0) is 83.3 Å². The standard InChI is InChI=1S/C36H38FN7O3S2/c1-6-38-36(3,4)18-17-23-15-16-27(25(37)21-23)47-20-10-14-29-30(33(45)46-5)40-35(49-29)44-19-9-11-24-22(2)31(42-43-32(24)44)41-34-39-26-12-7-8-13-28(26)48-34/h7-8,12-13,15-16,21,38H,6,9-11,14,19-20H2,1-5H3,(H,39,41,42). The van der Waals surface area contributed by atoms with Gasteiger partial charge >= 0.3 is 5.97 Å². The molecule has 0 aliphatic carbocycles. The molecule has 49 heavy (non-hydrogen) atoms. The normalized spacial score (nSPS) is 12.7. The summed E-state index contributed by atoms with van der Waals surface area (Å²) in [4.78, 5) is 24.9. The second-order valence-corrected chi connectivity index (χ2v) is 14.2. The third kappa shape index (κ3) is 7.83. The highest BCUT2D eigenvalue weighted by Crippen LogP contribution is 2.39. The van der Waals surface area contributed by atoms with Crippen molar-refractivity contribution in [1.82, 2.24) is 25.5 Å². The Balaban J connectivity index is 1.14. The van der Waals surface area contributed by atoms with Crippen molar-refractivity contribution >= 4 is 60.8 Å². The zero-order chi connectivity index (χ0) is 34.5. The minimum atomic E-state index is -0.506. The molecule has 0 atom stereocenters. The zero-order valence-corrected chi connectivity index (χ0v) is 29.8. The molecule has 6 rings (SSSR count). The van der Waals surface area contributed by atoms with Crippen molar-refractivity contribution in [3.63, 3.8) is 0 Å². The molecule has 0 radical (unpaired) electrons. The molecular weight excluding hydrogens is 662 g/mol. The molecule has 1 aliphatic rings. The number of hydrogen-bond acceptors (Lipinski definition) is 12. The molecule has 0 unspecified atom stereocenters. The Morgan fingerprint density at radius 3 is 2.76 bits per heavy atom. The maximum absolute atomic E-state index is 14.8. The monoisotopic (exact) mass is 699 g/mol. The summed E-state index contributed by atoms with van der Waals surface area (Å²) in [5.74, 6) is 6.74. The van der Waals surface area contributed by atoms with E-state index in [9.17, 15) is 9.18 Å². The van der Waals surface area contributed by atoms with E-state index in [4.69, 9.17) is 14.5 Å². The summed E-state index contributed by atoms with van der Waals surface area (Å²) in [6.07, 6.45) is 2.78. The number of rotatable bonds is 11. The highest BCUT2D eigenvalue weighted by atomic mass is 32.1. The topological polar surface area (TPSA) is 114 Å². The van der Waals surface area contributed by atoms with Crippen molar-refractivity contribution < 1.29 is 18.7 Å². The summed E-state index contributed by atoms with van der Waals surface area (Å²) < 4.78 is 26.8. The van der Waals surface area contributed by atoms with Gasteiger partial charge in [0, 0.05) is 28.1 Å². The van der Waals surface area contributed by atoms with Gasteiger partial charge in [0.15, 0.2) is 39.2 Å². The van der Waals surface area contributed by atoms with Crippen LogP contribution in [0.25, 0.3) is 10.2 Å². The Morgan fingerprint density at radius 1 is 1.14 bits per heavy atom. The second-order valence-electron chi connectivity index (χ2n) is 12.1. The number of halogens is 1. The predicted octanol–water partition coefficient (Wildman–Crippen LogP) is 7.36. The Morgan fingerprint density at radius 2 is 1.98 bits per heavy atom. The molecule has 3 aromatic heterocycles. The van der Waals surface area contributed by atoms with Crippen LogP contribution in [-0.4, -0.2) is 58.5 Å². The van der Waals surface area contributed by atoms with Crippen LogP contribution in [0.5, 0.6) is 5.75 Å². The van der Waals surface area contributed by atoms with Crippen LogP contribution in [0.2, 0.25) is 0 Å². The molecule has 0 fully saturated rings. The van der Waals surface area contributed by atoms with Gasteiger partial charge in [-0.2, -0.15) is 0 Å². The fraction of sp³-hybridized carbons (Fsp3) is 0.361. The number of aromatic nitrogens is 4. The Hall–Kier alpha value is -4.64.